The van der Waals surface area contributed by atoms with Gasteiger partial charge < -0.3 is 10.2 Å². The molecule has 2 atom stereocenters. The van der Waals surface area contributed by atoms with Crippen molar-refractivity contribution in [3.8, 4) is 0 Å². The maximum absolute atomic E-state index is 6.61. The Morgan fingerprint density at radius 3 is 2.80 bits per heavy atom. The topological polar surface area (TPSA) is 38.9 Å². The zero-order chi connectivity index (χ0) is 17.8. The van der Waals surface area contributed by atoms with Crippen LogP contribution in [0.25, 0.3) is 10.9 Å². The first-order valence-electron chi connectivity index (χ1n) is 9.18. The van der Waals surface area contributed by atoms with Gasteiger partial charge in [0.25, 0.3) is 0 Å². The van der Waals surface area contributed by atoms with E-state index >= 15 is 0 Å². The number of halogens is 1. The van der Waals surface area contributed by atoms with E-state index in [2.05, 4.69) is 27.2 Å². The molecule has 4 heteroatoms. The number of benzene rings is 1. The number of nitrogens with zero attached hydrogens (tertiary/aromatic N) is 2. The van der Waals surface area contributed by atoms with Crippen molar-refractivity contribution < 1.29 is 4.48 Å². The summed E-state index contributed by atoms with van der Waals surface area (Å²) in [5.74, 6) is 1.13. The molecule has 2 unspecified atom stereocenters. The molecule has 0 aliphatic heterocycles. The van der Waals surface area contributed by atoms with Crippen LogP contribution in [0.4, 0.5) is 5.69 Å². The molecule has 2 N–H and O–H groups in total. The Labute approximate surface area is 155 Å². The predicted octanol–water partition coefficient (Wildman–Crippen LogP) is 4.54. The number of nitrogens with two attached hydrogens (primary N) is 1. The van der Waals surface area contributed by atoms with Crippen molar-refractivity contribution in [3.05, 3.63) is 46.1 Å². The van der Waals surface area contributed by atoms with Crippen LogP contribution in [-0.4, -0.2) is 37.2 Å². The number of nitrogen functional groups attached to an aromatic ring is 1. The zero-order valence-electron chi connectivity index (χ0n) is 15.3. The van der Waals surface area contributed by atoms with Crippen LogP contribution in [-0.2, 0) is 6.42 Å². The Balaban J connectivity index is 1.69. The van der Waals surface area contributed by atoms with Gasteiger partial charge >= 0.3 is 0 Å². The van der Waals surface area contributed by atoms with Gasteiger partial charge in [0.1, 0.15) is 0 Å². The van der Waals surface area contributed by atoms with E-state index in [1.807, 2.05) is 18.2 Å². The normalized spacial score (nSPS) is 22.6. The Kier molecular flexibility index (Phi) is 4.04. The first-order chi connectivity index (χ1) is 11.8. The fraction of sp³-hybridized carbons (Fsp3) is 0.476. The molecular weight excluding hydrogens is 330 g/mol. The van der Waals surface area contributed by atoms with Crippen molar-refractivity contribution in [2.24, 2.45) is 5.92 Å². The smallest absolute Gasteiger partial charge is 0.0818 e. The summed E-state index contributed by atoms with van der Waals surface area (Å²) in [7, 11) is 6.79. The lowest BCUT2D eigenvalue weighted by molar-refractivity contribution is -0.870. The molecule has 3 nitrogen and oxygen atoms in total. The lowest BCUT2D eigenvalue weighted by Crippen LogP contribution is -2.36. The van der Waals surface area contributed by atoms with Gasteiger partial charge in [0.15, 0.2) is 0 Å². The second-order valence-corrected chi connectivity index (χ2v) is 9.17. The summed E-state index contributed by atoms with van der Waals surface area (Å²) in [5.41, 5.74) is 12.6. The van der Waals surface area contributed by atoms with Gasteiger partial charge in [-0.25, -0.2) is 0 Å². The van der Waals surface area contributed by atoms with E-state index in [0.717, 1.165) is 38.9 Å². The third kappa shape index (κ3) is 3.28. The second-order valence-electron chi connectivity index (χ2n) is 8.74. The van der Waals surface area contributed by atoms with Crippen LogP contribution in [0, 0.1) is 5.92 Å². The van der Waals surface area contributed by atoms with Crippen LogP contribution in [0.2, 0.25) is 5.02 Å². The van der Waals surface area contributed by atoms with Gasteiger partial charge in [-0.2, -0.15) is 0 Å². The maximum atomic E-state index is 6.61. The number of rotatable bonds is 3. The van der Waals surface area contributed by atoms with Crippen molar-refractivity contribution in [1.82, 2.24) is 4.98 Å². The van der Waals surface area contributed by atoms with Gasteiger partial charge in [-0.3, -0.25) is 4.98 Å². The molecule has 0 spiro atoms. The molecule has 0 saturated carbocycles. The highest BCUT2D eigenvalue weighted by Gasteiger charge is 2.33. The highest BCUT2D eigenvalue weighted by atomic mass is 35.5. The zero-order valence-corrected chi connectivity index (χ0v) is 16.1. The number of quaternary nitrogens is 1. The van der Waals surface area contributed by atoms with Gasteiger partial charge in [0.05, 0.1) is 33.2 Å². The second kappa shape index (κ2) is 6.00. The highest BCUT2D eigenvalue weighted by Crippen LogP contribution is 2.47. The third-order valence-electron chi connectivity index (χ3n) is 5.64. The molecule has 2 bridgehead atoms. The summed E-state index contributed by atoms with van der Waals surface area (Å²) >= 11 is 6.15. The molecule has 2 aromatic rings. The summed E-state index contributed by atoms with van der Waals surface area (Å²) in [6.07, 6.45) is 7.06. The maximum Gasteiger partial charge on any atom is 0.0818 e. The van der Waals surface area contributed by atoms with E-state index in [0.29, 0.717) is 11.8 Å². The fourth-order valence-corrected chi connectivity index (χ4v) is 4.62. The summed E-state index contributed by atoms with van der Waals surface area (Å²) in [4.78, 5) is 4.93. The molecule has 1 aromatic heterocycles. The summed E-state index contributed by atoms with van der Waals surface area (Å²) in [6, 6.07) is 5.86. The van der Waals surface area contributed by atoms with Crippen LogP contribution in [0.15, 0.2) is 29.8 Å². The quantitative estimate of drug-likeness (QED) is 0.647. The van der Waals surface area contributed by atoms with E-state index in [9.17, 15) is 0 Å². The molecule has 2 aliphatic rings. The van der Waals surface area contributed by atoms with E-state index in [1.54, 1.807) is 5.57 Å². The van der Waals surface area contributed by atoms with Crippen molar-refractivity contribution in [1.29, 1.82) is 0 Å². The number of anilines is 1. The third-order valence-corrected chi connectivity index (χ3v) is 5.88. The standard InChI is InChI=1S/C21H27ClN3/c1-25(2,3)7-6-13-8-14-10-15(9-13)20-19(11-14)24-18-12-16(22)4-5-17(18)21(20)23/h4-5,8,12,14-15H,6-7,9-11H2,1-3H3,(H2,23,24)/q+1. The Morgan fingerprint density at radius 2 is 2.04 bits per heavy atom. The van der Waals surface area contributed by atoms with Crippen LogP contribution >= 0.6 is 11.6 Å². The van der Waals surface area contributed by atoms with Gasteiger partial charge in [-0.15, -0.1) is 0 Å². The number of allylic oxidation sites excluding steroid dienone is 1. The van der Waals surface area contributed by atoms with Crippen LogP contribution in [0.5, 0.6) is 0 Å². The average molecular weight is 357 g/mol. The van der Waals surface area contributed by atoms with Crippen molar-refractivity contribution in [3.63, 3.8) is 0 Å². The number of hydrogen-bond donors (Lipinski definition) is 1. The highest BCUT2D eigenvalue weighted by molar-refractivity contribution is 6.31. The summed E-state index contributed by atoms with van der Waals surface area (Å²) in [5, 5.41) is 1.77. The summed E-state index contributed by atoms with van der Waals surface area (Å²) in [6.45, 7) is 1.18. The predicted molar refractivity (Wildman–Crippen MR) is 106 cm³/mol. The molecule has 1 aromatic carbocycles. The van der Waals surface area contributed by atoms with E-state index < -0.39 is 0 Å². The Morgan fingerprint density at radius 1 is 1.24 bits per heavy atom. The first-order valence-corrected chi connectivity index (χ1v) is 9.55. The lowest BCUT2D eigenvalue weighted by atomic mass is 9.70. The van der Waals surface area contributed by atoms with Crippen molar-refractivity contribution in [2.75, 3.05) is 33.4 Å². The number of hydrogen-bond acceptors (Lipinski definition) is 2. The molecule has 0 amide bonds. The first kappa shape index (κ1) is 16.9. The molecule has 0 fully saturated rings. The monoisotopic (exact) mass is 356 g/mol. The molecule has 25 heavy (non-hydrogen) atoms. The fourth-order valence-electron chi connectivity index (χ4n) is 4.45. The SMILES string of the molecule is C[N+](C)(C)CCC1=CC2Cc3nc4cc(Cl)ccc4c(N)c3C(C1)C2. The molecule has 1 heterocycles. The molecule has 2 aliphatic carbocycles. The van der Waals surface area contributed by atoms with E-state index in [4.69, 9.17) is 22.3 Å². The minimum Gasteiger partial charge on any atom is -0.398 e. The van der Waals surface area contributed by atoms with Gasteiger partial charge in [-0.05, 0) is 49.3 Å². The van der Waals surface area contributed by atoms with Crippen molar-refractivity contribution in [2.45, 2.75) is 31.6 Å². The van der Waals surface area contributed by atoms with Crippen LogP contribution < -0.4 is 5.73 Å². The van der Waals surface area contributed by atoms with Crippen LogP contribution in [0.3, 0.4) is 0 Å². The number of pyridine rings is 1. The van der Waals surface area contributed by atoms with E-state index in [1.165, 1.54) is 30.6 Å². The molecule has 0 radical (unpaired) electrons. The Hall–Kier alpha value is -1.58. The van der Waals surface area contributed by atoms with E-state index in [-0.39, 0.29) is 0 Å². The lowest BCUT2D eigenvalue weighted by Gasteiger charge is -2.36. The van der Waals surface area contributed by atoms with Crippen molar-refractivity contribution >= 4 is 28.2 Å². The van der Waals surface area contributed by atoms with Gasteiger partial charge in [0.2, 0.25) is 0 Å². The summed E-state index contributed by atoms with van der Waals surface area (Å²) < 4.78 is 1.01. The average Bonchev–Trinajstić information content (AvgIpc) is 2.51. The number of fused-ring (bicyclic) bond motifs is 5. The van der Waals surface area contributed by atoms with Gasteiger partial charge in [0, 0.05) is 33.8 Å². The minimum absolute atomic E-state index is 0.522. The minimum atomic E-state index is 0.522. The largest absolute Gasteiger partial charge is 0.398 e. The molecule has 0 saturated heterocycles. The van der Waals surface area contributed by atoms with Crippen LogP contribution in [0.1, 0.15) is 36.4 Å². The molecule has 4 rings (SSSR count). The Bertz CT molecular complexity index is 864. The molecular formula is C21H27ClN3+. The van der Waals surface area contributed by atoms with Gasteiger partial charge in [-0.1, -0.05) is 23.3 Å². The number of aromatic nitrogens is 1. The molecule has 132 valence electrons.